The predicted octanol–water partition coefficient (Wildman–Crippen LogP) is 6.04. The standard InChI is InChI=1S/C10H18O5S.C10H18O2.C9H16O2/c1-14-9(11)10(6-4-3-5-7-10)8-15-16(2,12)13;1-3-10(9(11)12-2)7-5-4-6-8-10;1-2-9(8(10)11)6-4-3-5-7-9/h3-8H2,1-2H3;3-8H2,1-2H3;2-7H2,1H3,(H,10,11). The van der Waals surface area contributed by atoms with Crippen molar-refractivity contribution in [1.29, 1.82) is 0 Å². The number of hydrogen-bond acceptors (Lipinski definition) is 8. The summed E-state index contributed by atoms with van der Waals surface area (Å²) in [5, 5.41) is 8.99. The molecule has 0 atom stereocenters. The first-order chi connectivity index (χ1) is 18.4. The van der Waals surface area contributed by atoms with Crippen molar-refractivity contribution < 1.29 is 41.6 Å². The van der Waals surface area contributed by atoms with Crippen LogP contribution in [0.2, 0.25) is 0 Å². The number of hydrogen-bond donors (Lipinski definition) is 1. The highest BCUT2D eigenvalue weighted by molar-refractivity contribution is 7.85. The number of carboxylic acid groups (broad SMARTS) is 1. The topological polar surface area (TPSA) is 133 Å². The quantitative estimate of drug-likeness (QED) is 0.271. The summed E-state index contributed by atoms with van der Waals surface area (Å²) in [6.07, 6.45) is 17.7. The average molecular weight is 577 g/mol. The van der Waals surface area contributed by atoms with Gasteiger partial charge in [0.15, 0.2) is 0 Å². The Kier molecular flexibility index (Phi) is 15.0. The molecule has 9 nitrogen and oxygen atoms in total. The van der Waals surface area contributed by atoms with Crippen molar-refractivity contribution in [1.82, 2.24) is 0 Å². The molecule has 3 rings (SSSR count). The molecule has 0 aromatic rings. The van der Waals surface area contributed by atoms with Gasteiger partial charge in [0, 0.05) is 0 Å². The highest BCUT2D eigenvalue weighted by Crippen LogP contribution is 2.41. The van der Waals surface area contributed by atoms with Crippen LogP contribution in [0.25, 0.3) is 0 Å². The van der Waals surface area contributed by atoms with Crippen LogP contribution in [0, 0.1) is 16.2 Å². The Morgan fingerprint density at radius 3 is 1.26 bits per heavy atom. The van der Waals surface area contributed by atoms with Gasteiger partial charge < -0.3 is 14.6 Å². The molecule has 0 unspecified atom stereocenters. The third-order valence-corrected chi connectivity index (χ3v) is 9.57. The van der Waals surface area contributed by atoms with Crippen molar-refractivity contribution in [2.24, 2.45) is 16.2 Å². The van der Waals surface area contributed by atoms with Gasteiger partial charge in [0.25, 0.3) is 10.1 Å². The van der Waals surface area contributed by atoms with Gasteiger partial charge in [0.2, 0.25) is 0 Å². The van der Waals surface area contributed by atoms with Gasteiger partial charge in [-0.2, -0.15) is 8.42 Å². The van der Waals surface area contributed by atoms with E-state index in [0.29, 0.717) is 12.8 Å². The van der Waals surface area contributed by atoms with Gasteiger partial charge in [-0.1, -0.05) is 71.6 Å². The van der Waals surface area contributed by atoms with E-state index in [2.05, 4.69) is 6.92 Å². The van der Waals surface area contributed by atoms with E-state index in [0.717, 1.165) is 76.9 Å². The minimum Gasteiger partial charge on any atom is -0.481 e. The Morgan fingerprint density at radius 1 is 0.641 bits per heavy atom. The van der Waals surface area contributed by atoms with Crippen LogP contribution in [0.1, 0.15) is 123 Å². The van der Waals surface area contributed by atoms with Gasteiger partial charge in [0.05, 0.1) is 43.3 Å². The molecule has 0 saturated heterocycles. The van der Waals surface area contributed by atoms with Crippen LogP contribution in [-0.2, 0) is 38.2 Å². The van der Waals surface area contributed by atoms with Gasteiger partial charge >= 0.3 is 17.9 Å². The fraction of sp³-hybridized carbons (Fsp3) is 0.897. The molecule has 0 aliphatic heterocycles. The van der Waals surface area contributed by atoms with E-state index < -0.39 is 21.5 Å². The minimum atomic E-state index is -3.51. The molecular weight excluding hydrogens is 524 g/mol. The molecule has 228 valence electrons. The van der Waals surface area contributed by atoms with E-state index in [1.165, 1.54) is 39.9 Å². The number of esters is 2. The van der Waals surface area contributed by atoms with Crippen LogP contribution in [-0.4, -0.2) is 58.5 Å². The van der Waals surface area contributed by atoms with Gasteiger partial charge in [0.1, 0.15) is 0 Å². The normalized spacial score (nSPS) is 21.6. The molecule has 0 aromatic carbocycles. The summed E-state index contributed by atoms with van der Waals surface area (Å²) in [6.45, 7) is 3.97. The second-order valence-electron chi connectivity index (χ2n) is 11.5. The zero-order chi connectivity index (χ0) is 29.6. The van der Waals surface area contributed by atoms with E-state index in [1.807, 2.05) is 6.92 Å². The molecule has 3 saturated carbocycles. The number of carboxylic acids is 1. The lowest BCUT2D eigenvalue weighted by atomic mass is 9.72. The Morgan fingerprint density at radius 2 is 0.974 bits per heavy atom. The Labute approximate surface area is 235 Å². The number of methoxy groups -OCH3 is 2. The van der Waals surface area contributed by atoms with Gasteiger partial charge in [-0.15, -0.1) is 0 Å². The smallest absolute Gasteiger partial charge is 0.314 e. The molecule has 1 N–H and O–H groups in total. The fourth-order valence-corrected chi connectivity index (χ4v) is 6.61. The summed E-state index contributed by atoms with van der Waals surface area (Å²) >= 11 is 0. The molecule has 0 spiro atoms. The second kappa shape index (κ2) is 16.6. The summed E-state index contributed by atoms with van der Waals surface area (Å²) < 4.78 is 36.3. The van der Waals surface area contributed by atoms with Crippen molar-refractivity contribution in [3.8, 4) is 0 Å². The van der Waals surface area contributed by atoms with Crippen LogP contribution in [0.4, 0.5) is 0 Å². The number of aliphatic carboxylic acids is 1. The number of ether oxygens (including phenoxy) is 2. The molecule has 0 heterocycles. The summed E-state index contributed by atoms with van der Waals surface area (Å²) in [5.74, 6) is -0.944. The predicted molar refractivity (Wildman–Crippen MR) is 150 cm³/mol. The largest absolute Gasteiger partial charge is 0.481 e. The van der Waals surface area contributed by atoms with Crippen molar-refractivity contribution in [3.63, 3.8) is 0 Å². The Balaban J connectivity index is 0.000000299. The molecule has 0 amide bonds. The van der Waals surface area contributed by atoms with Gasteiger partial charge in [-0.25, -0.2) is 0 Å². The number of carbonyl (C=O) groups excluding carboxylic acids is 2. The van der Waals surface area contributed by atoms with Crippen LogP contribution in [0.15, 0.2) is 0 Å². The SMILES string of the molecule is CCC1(C(=O)O)CCCCC1.CCC1(C(=O)OC)CCCCC1.COC(=O)C1(COS(C)(=O)=O)CCCCC1. The molecule has 10 heteroatoms. The first-order valence-corrected chi connectivity index (χ1v) is 16.4. The van der Waals surface area contributed by atoms with E-state index in [-0.39, 0.29) is 29.4 Å². The Bertz CT molecular complexity index is 863. The molecule has 0 radical (unpaired) electrons. The molecule has 3 aliphatic carbocycles. The maximum atomic E-state index is 11.7. The molecular formula is C29H52O9S. The van der Waals surface area contributed by atoms with Crippen molar-refractivity contribution >= 4 is 28.0 Å². The summed E-state index contributed by atoms with van der Waals surface area (Å²) in [4.78, 5) is 34.1. The average Bonchev–Trinajstić information content (AvgIpc) is 2.96. The molecule has 39 heavy (non-hydrogen) atoms. The van der Waals surface area contributed by atoms with E-state index in [9.17, 15) is 22.8 Å². The molecule has 3 fully saturated rings. The second-order valence-corrected chi connectivity index (χ2v) is 13.1. The monoisotopic (exact) mass is 576 g/mol. The Hall–Kier alpha value is -1.68. The lowest BCUT2D eigenvalue weighted by Gasteiger charge is -2.33. The molecule has 3 aliphatic rings. The van der Waals surface area contributed by atoms with Crippen molar-refractivity contribution in [2.75, 3.05) is 27.1 Å². The maximum absolute atomic E-state index is 11.7. The highest BCUT2D eigenvalue weighted by Gasteiger charge is 2.42. The van der Waals surface area contributed by atoms with Gasteiger partial charge in [-0.3, -0.25) is 18.6 Å². The van der Waals surface area contributed by atoms with Crippen LogP contribution >= 0.6 is 0 Å². The van der Waals surface area contributed by atoms with Crippen molar-refractivity contribution in [2.45, 2.75) is 123 Å². The highest BCUT2D eigenvalue weighted by atomic mass is 32.2. The summed E-state index contributed by atoms with van der Waals surface area (Å²) in [5.41, 5.74) is -1.26. The lowest BCUT2D eigenvalue weighted by molar-refractivity contribution is -0.157. The number of rotatable bonds is 8. The summed E-state index contributed by atoms with van der Waals surface area (Å²) in [7, 11) is -0.698. The lowest BCUT2D eigenvalue weighted by Crippen LogP contribution is -2.39. The minimum absolute atomic E-state index is 0.00435. The van der Waals surface area contributed by atoms with Crippen molar-refractivity contribution in [3.05, 3.63) is 0 Å². The first-order valence-electron chi connectivity index (χ1n) is 14.6. The van der Waals surface area contributed by atoms with E-state index >= 15 is 0 Å². The zero-order valence-electron chi connectivity index (χ0n) is 24.8. The summed E-state index contributed by atoms with van der Waals surface area (Å²) in [6, 6.07) is 0. The fourth-order valence-electron chi connectivity index (χ4n) is 6.17. The van der Waals surface area contributed by atoms with Gasteiger partial charge in [-0.05, 0) is 51.4 Å². The number of carbonyl (C=O) groups is 3. The zero-order valence-corrected chi connectivity index (χ0v) is 25.7. The third-order valence-electron chi connectivity index (χ3n) is 9.03. The van der Waals surface area contributed by atoms with Crippen LogP contribution < -0.4 is 0 Å². The van der Waals surface area contributed by atoms with E-state index in [1.54, 1.807) is 0 Å². The molecule has 0 aromatic heterocycles. The van der Waals surface area contributed by atoms with E-state index in [4.69, 9.17) is 18.8 Å². The van der Waals surface area contributed by atoms with Crippen LogP contribution in [0.3, 0.4) is 0 Å². The van der Waals surface area contributed by atoms with Crippen LogP contribution in [0.5, 0.6) is 0 Å². The maximum Gasteiger partial charge on any atom is 0.314 e. The first kappa shape index (κ1) is 35.3. The molecule has 0 bridgehead atoms. The third kappa shape index (κ3) is 10.7.